The number of benzene rings is 1. The predicted octanol–water partition coefficient (Wildman–Crippen LogP) is 5.10. The van der Waals surface area contributed by atoms with Crippen LogP contribution in [0.1, 0.15) is 45.4 Å². The first-order chi connectivity index (χ1) is 12.1. The van der Waals surface area contributed by atoms with Crippen LogP contribution in [0.5, 0.6) is 0 Å². The van der Waals surface area contributed by atoms with Crippen molar-refractivity contribution in [2.45, 2.75) is 52.0 Å². The maximum atomic E-state index is 12.2. The van der Waals surface area contributed by atoms with Crippen molar-refractivity contribution in [2.24, 2.45) is 5.92 Å². The topological polar surface area (TPSA) is 38.4 Å². The van der Waals surface area contributed by atoms with E-state index in [4.69, 9.17) is 4.42 Å². The lowest BCUT2D eigenvalue weighted by molar-refractivity contribution is 0.173. The molecule has 25 heavy (non-hydrogen) atoms. The van der Waals surface area contributed by atoms with Crippen LogP contribution in [0.2, 0.25) is 0 Å². The molecule has 1 aliphatic heterocycles. The smallest absolute Gasteiger partial charge is 0.407 e. The van der Waals surface area contributed by atoms with Gasteiger partial charge in [-0.25, -0.2) is 4.79 Å². The number of aryl methyl sites for hydroxylation is 1. The molecule has 0 amide bonds. The molecule has 0 unspecified atom stereocenters. The monoisotopic (exact) mass is 568 g/mol. The third-order valence-electron chi connectivity index (χ3n) is 5.22. The molecule has 1 aromatic heterocycles. The second-order valence-corrected chi connectivity index (χ2v) is 9.44. The van der Waals surface area contributed by atoms with Gasteiger partial charge in [0.05, 0.1) is 9.09 Å². The quantitative estimate of drug-likeness (QED) is 0.437. The summed E-state index contributed by atoms with van der Waals surface area (Å²) in [6.07, 6.45) is 7.76. The van der Waals surface area contributed by atoms with Crippen molar-refractivity contribution in [1.29, 1.82) is 0 Å². The maximum Gasteiger partial charge on any atom is 0.419 e. The number of piperidine rings is 1. The maximum absolute atomic E-state index is 12.2. The van der Waals surface area contributed by atoms with Gasteiger partial charge in [0.15, 0.2) is 5.58 Å². The fourth-order valence-corrected chi connectivity index (χ4v) is 5.67. The van der Waals surface area contributed by atoms with Crippen molar-refractivity contribution in [3.05, 3.63) is 29.8 Å². The van der Waals surface area contributed by atoms with Gasteiger partial charge >= 0.3 is 5.76 Å². The molecule has 2 heterocycles. The molecule has 1 saturated heterocycles. The number of oxazole rings is 1. The van der Waals surface area contributed by atoms with Crippen molar-refractivity contribution in [3.63, 3.8) is 0 Å². The van der Waals surface area contributed by atoms with Gasteiger partial charge in [0, 0.05) is 10.1 Å². The fraction of sp³-hybridized carbons (Fsp3) is 0.632. The highest BCUT2D eigenvalue weighted by Gasteiger charge is 2.19. The zero-order chi connectivity index (χ0) is 17.8. The number of hydrogen-bond acceptors (Lipinski definition) is 3. The van der Waals surface area contributed by atoms with Gasteiger partial charge in [-0.3, -0.25) is 4.57 Å². The van der Waals surface area contributed by atoms with Gasteiger partial charge in [-0.05, 0) is 102 Å². The Hall–Kier alpha value is -0.0900. The van der Waals surface area contributed by atoms with E-state index >= 15 is 0 Å². The standard InChI is InChI=1S/C19H26I2N2O2/c1-2-3-5-14-6-10-22(11-7-14)8-4-9-23-17-13-15(20)12-16(21)18(17)25-19(23)24/h12-14H,2-11H2,1H3. The summed E-state index contributed by atoms with van der Waals surface area (Å²) in [6, 6.07) is 4.08. The Kier molecular flexibility index (Phi) is 7.25. The summed E-state index contributed by atoms with van der Waals surface area (Å²) >= 11 is 4.53. The summed E-state index contributed by atoms with van der Waals surface area (Å²) < 4.78 is 9.40. The Labute approximate surface area is 176 Å². The van der Waals surface area contributed by atoms with E-state index in [0.29, 0.717) is 0 Å². The minimum absolute atomic E-state index is 0.229. The van der Waals surface area contributed by atoms with E-state index in [2.05, 4.69) is 57.0 Å². The fourth-order valence-electron chi connectivity index (χ4n) is 3.74. The van der Waals surface area contributed by atoms with Crippen molar-refractivity contribution in [3.8, 4) is 0 Å². The molecule has 0 N–H and O–H groups in total. The van der Waals surface area contributed by atoms with Crippen LogP contribution in [0, 0.1) is 13.1 Å². The number of likely N-dealkylation sites (tertiary alicyclic amines) is 1. The van der Waals surface area contributed by atoms with E-state index in [1.165, 1.54) is 45.2 Å². The van der Waals surface area contributed by atoms with E-state index in [1.807, 2.05) is 12.1 Å². The number of rotatable bonds is 7. The molecule has 0 aliphatic carbocycles. The lowest BCUT2D eigenvalue weighted by Crippen LogP contribution is -2.35. The molecule has 1 fully saturated rings. The van der Waals surface area contributed by atoms with Gasteiger partial charge in [-0.1, -0.05) is 26.2 Å². The molecule has 1 aliphatic rings. The zero-order valence-corrected chi connectivity index (χ0v) is 19.1. The molecule has 0 atom stereocenters. The molecule has 0 saturated carbocycles. The van der Waals surface area contributed by atoms with Gasteiger partial charge in [0.2, 0.25) is 0 Å². The highest BCUT2D eigenvalue weighted by Crippen LogP contribution is 2.24. The molecular formula is C19H26I2N2O2. The molecule has 0 spiro atoms. The van der Waals surface area contributed by atoms with Crippen LogP contribution in [0.4, 0.5) is 0 Å². The largest absolute Gasteiger partial charge is 0.419 e. The Morgan fingerprint density at radius 2 is 1.92 bits per heavy atom. The summed E-state index contributed by atoms with van der Waals surface area (Å²) in [7, 11) is 0. The molecule has 138 valence electrons. The number of nitrogens with zero attached hydrogens (tertiary/aromatic N) is 2. The Morgan fingerprint density at radius 3 is 2.64 bits per heavy atom. The normalized spacial score (nSPS) is 16.8. The summed E-state index contributed by atoms with van der Waals surface area (Å²) in [4.78, 5) is 14.8. The number of hydrogen-bond donors (Lipinski definition) is 0. The van der Waals surface area contributed by atoms with E-state index in [0.717, 1.165) is 43.7 Å². The van der Waals surface area contributed by atoms with Crippen molar-refractivity contribution >= 4 is 56.3 Å². The molecule has 1 aromatic carbocycles. The predicted molar refractivity (Wildman–Crippen MR) is 119 cm³/mol. The van der Waals surface area contributed by atoms with Gasteiger partial charge in [0.25, 0.3) is 0 Å². The van der Waals surface area contributed by atoms with Crippen LogP contribution >= 0.6 is 45.2 Å². The average molecular weight is 568 g/mol. The summed E-state index contributed by atoms with van der Waals surface area (Å²) in [6.45, 7) is 6.51. The second-order valence-electron chi connectivity index (χ2n) is 7.04. The Bertz CT molecular complexity index is 761. The second kappa shape index (κ2) is 9.21. The Balaban J connectivity index is 1.54. The third-order valence-corrected chi connectivity index (χ3v) is 6.64. The minimum Gasteiger partial charge on any atom is -0.407 e. The SMILES string of the molecule is CCCCC1CCN(CCCn2c(=O)oc3c(I)cc(I)cc32)CC1. The number of fused-ring (bicyclic) bond motifs is 1. The third kappa shape index (κ3) is 5.00. The van der Waals surface area contributed by atoms with Gasteiger partial charge in [-0.2, -0.15) is 0 Å². The molecule has 0 bridgehead atoms. The number of aromatic nitrogens is 1. The first-order valence-corrected chi connectivity index (χ1v) is 11.4. The first-order valence-electron chi connectivity index (χ1n) is 9.29. The van der Waals surface area contributed by atoms with Crippen LogP contribution in [0.15, 0.2) is 21.3 Å². The Morgan fingerprint density at radius 1 is 1.16 bits per heavy atom. The summed E-state index contributed by atoms with van der Waals surface area (Å²) in [5, 5.41) is 0. The van der Waals surface area contributed by atoms with Crippen LogP contribution in [0.3, 0.4) is 0 Å². The van der Waals surface area contributed by atoms with Gasteiger partial charge < -0.3 is 9.32 Å². The van der Waals surface area contributed by atoms with E-state index in [-0.39, 0.29) is 5.76 Å². The molecule has 3 rings (SSSR count). The lowest BCUT2D eigenvalue weighted by atomic mass is 9.91. The van der Waals surface area contributed by atoms with E-state index in [9.17, 15) is 4.79 Å². The van der Waals surface area contributed by atoms with Gasteiger partial charge in [0.1, 0.15) is 0 Å². The number of unbranched alkanes of at least 4 members (excludes halogenated alkanes) is 1. The highest BCUT2D eigenvalue weighted by atomic mass is 127. The average Bonchev–Trinajstić information content (AvgIpc) is 2.91. The van der Waals surface area contributed by atoms with Gasteiger partial charge in [-0.15, -0.1) is 0 Å². The number of halogens is 2. The minimum atomic E-state index is -0.229. The van der Waals surface area contributed by atoms with Crippen LogP contribution < -0.4 is 5.76 Å². The van der Waals surface area contributed by atoms with E-state index < -0.39 is 0 Å². The molecule has 4 nitrogen and oxygen atoms in total. The van der Waals surface area contributed by atoms with Crippen LogP contribution in [-0.2, 0) is 6.54 Å². The molecule has 0 radical (unpaired) electrons. The van der Waals surface area contributed by atoms with Crippen molar-refractivity contribution in [1.82, 2.24) is 9.47 Å². The first kappa shape index (κ1) is 19.7. The summed E-state index contributed by atoms with van der Waals surface area (Å²) in [5.41, 5.74) is 1.65. The molecule has 6 heteroatoms. The lowest BCUT2D eigenvalue weighted by Gasteiger charge is -2.31. The van der Waals surface area contributed by atoms with E-state index in [1.54, 1.807) is 4.57 Å². The highest BCUT2D eigenvalue weighted by molar-refractivity contribution is 14.1. The molecule has 2 aromatic rings. The van der Waals surface area contributed by atoms with Crippen LogP contribution in [-0.4, -0.2) is 29.1 Å². The molecular weight excluding hydrogens is 542 g/mol. The van der Waals surface area contributed by atoms with Crippen LogP contribution in [0.25, 0.3) is 11.1 Å². The summed E-state index contributed by atoms with van der Waals surface area (Å²) in [5.74, 6) is 0.703. The van der Waals surface area contributed by atoms with Crippen molar-refractivity contribution < 1.29 is 4.42 Å². The zero-order valence-electron chi connectivity index (χ0n) is 14.8. The van der Waals surface area contributed by atoms with Crippen molar-refractivity contribution in [2.75, 3.05) is 19.6 Å².